The number of amides is 10. The molecule has 0 aliphatic carbocycles. The second-order valence-electron chi connectivity index (χ2n) is 20.5. The number of imidazole rings is 1. The number of benzene rings is 3. The Labute approximate surface area is 485 Å². The number of carbonyl (C=O) groups is 10. The predicted molar refractivity (Wildman–Crippen MR) is 311 cm³/mol. The first-order valence-electron chi connectivity index (χ1n) is 28.0. The number of hydrogen-bond acceptors (Lipinski definition) is 12. The number of primary amides is 1. The van der Waals surface area contributed by atoms with Crippen LogP contribution < -0.4 is 65.1 Å². The van der Waals surface area contributed by atoms with Crippen LogP contribution in [0.5, 0.6) is 0 Å². The van der Waals surface area contributed by atoms with Crippen LogP contribution >= 0.6 is 0 Å². The van der Waals surface area contributed by atoms with Crippen molar-refractivity contribution in [2.24, 2.45) is 22.2 Å². The largest absolute Gasteiger partial charge is 0.370 e. The highest BCUT2D eigenvalue weighted by atomic mass is 16.2. The van der Waals surface area contributed by atoms with Crippen LogP contribution in [0.25, 0.3) is 10.9 Å². The Balaban J connectivity index is 1.35. The van der Waals surface area contributed by atoms with Gasteiger partial charge in [-0.1, -0.05) is 78.9 Å². The van der Waals surface area contributed by atoms with Crippen LogP contribution in [-0.4, -0.2) is 142 Å². The van der Waals surface area contributed by atoms with Gasteiger partial charge in [0, 0.05) is 81.2 Å². The number of aliphatic imine (C=N–C) groups is 1. The van der Waals surface area contributed by atoms with E-state index in [1.165, 1.54) is 19.4 Å². The number of guanidine groups is 1. The molecule has 448 valence electrons. The summed E-state index contributed by atoms with van der Waals surface area (Å²) in [5, 5.41) is 25.3. The van der Waals surface area contributed by atoms with Crippen molar-refractivity contribution in [3.05, 3.63) is 126 Å². The average molecular weight is 1160 g/mol. The molecule has 26 nitrogen and oxygen atoms in total. The topological polar surface area (TPSA) is 414 Å². The van der Waals surface area contributed by atoms with Gasteiger partial charge in [-0.25, -0.2) is 4.98 Å². The summed E-state index contributed by atoms with van der Waals surface area (Å²) in [6, 6.07) is 15.9. The fourth-order valence-electron chi connectivity index (χ4n) is 9.52. The van der Waals surface area contributed by atoms with Gasteiger partial charge in [0.15, 0.2) is 5.96 Å². The van der Waals surface area contributed by atoms with E-state index in [9.17, 15) is 47.9 Å². The summed E-state index contributed by atoms with van der Waals surface area (Å²) in [6.07, 6.45) is 4.78. The number of fused-ring (bicyclic) bond motifs is 1. The lowest BCUT2D eigenvalue weighted by molar-refractivity contribution is -0.136. The molecule has 5 aromatic rings. The van der Waals surface area contributed by atoms with Crippen LogP contribution in [0.15, 0.2) is 109 Å². The smallest absolute Gasteiger partial charge is 0.243 e. The summed E-state index contributed by atoms with van der Waals surface area (Å²) in [4.78, 5) is 153. The van der Waals surface area contributed by atoms with Crippen LogP contribution in [-0.2, 0) is 73.6 Å². The number of carbonyl (C=O) groups excluding carboxylic acids is 10. The number of aromatic amines is 2. The Morgan fingerprint density at radius 2 is 1.30 bits per heavy atom. The molecule has 10 amide bonds. The van der Waals surface area contributed by atoms with E-state index in [1.54, 1.807) is 36.5 Å². The molecular weight excluding hydrogens is 1080 g/mol. The lowest BCUT2D eigenvalue weighted by Crippen LogP contribution is -2.60. The molecule has 0 spiro atoms. The van der Waals surface area contributed by atoms with Crippen molar-refractivity contribution < 1.29 is 47.9 Å². The fourth-order valence-corrected chi connectivity index (χ4v) is 9.52. The minimum atomic E-state index is -1.65. The number of aromatic nitrogens is 3. The van der Waals surface area contributed by atoms with E-state index >= 15 is 0 Å². The zero-order chi connectivity index (χ0) is 60.4. The monoisotopic (exact) mass is 1160 g/mol. The van der Waals surface area contributed by atoms with Gasteiger partial charge >= 0.3 is 0 Å². The standard InChI is InChI=1S/C58H76N16O10/c1-35(75)68-44(24-23-36-14-4-2-5-15-36)54(81)74-48-31-50(77)63-25-11-10-20-42(51(59)78)69-49(76)22-13-26-64-52(79)46(29-38-32-66-41-19-9-8-18-40(38)41)72-53(80)43(21-12-27-65-58(60)61)70-55(82)45(28-37-16-6-3-7-17-37)71-56(83)47(73-57(48)84)30-39-33-62-34-67-39/h2-9,14-19,32-34,42-48,66H,10-13,20-31H2,1H3,(H2,59,78)(H,62,67)(H,63,77)(H,64,79)(H,68,75)(H,69,76)(H,70,82)(H,71,83)(H,72,80)(H,73,84)(H,74,81)(H4,60,61,65)/t42-,43-,44-,45+,46-,47-,48-/m0/s1. The molecule has 17 N–H and O–H groups in total. The third-order valence-corrected chi connectivity index (χ3v) is 13.9. The molecule has 7 atom stereocenters. The minimum absolute atomic E-state index is 0.00841. The molecule has 3 heterocycles. The van der Waals surface area contributed by atoms with Gasteiger partial charge in [-0.05, 0) is 74.1 Å². The van der Waals surface area contributed by atoms with Gasteiger partial charge in [0.25, 0.3) is 0 Å². The van der Waals surface area contributed by atoms with Gasteiger partial charge < -0.3 is 75.0 Å². The highest BCUT2D eigenvalue weighted by Gasteiger charge is 2.35. The highest BCUT2D eigenvalue weighted by Crippen LogP contribution is 2.20. The fraction of sp³-hybridized carbons (Fsp3) is 0.414. The molecule has 3 aromatic carbocycles. The summed E-state index contributed by atoms with van der Waals surface area (Å²) >= 11 is 0. The lowest BCUT2D eigenvalue weighted by Gasteiger charge is -2.28. The van der Waals surface area contributed by atoms with Gasteiger partial charge in [0.05, 0.1) is 12.7 Å². The number of H-pyrrole nitrogens is 2. The Bertz CT molecular complexity index is 3060. The zero-order valence-corrected chi connectivity index (χ0v) is 46.9. The van der Waals surface area contributed by atoms with E-state index in [2.05, 4.69) is 67.8 Å². The molecule has 1 fully saturated rings. The minimum Gasteiger partial charge on any atom is -0.370 e. The third kappa shape index (κ3) is 21.0. The average Bonchev–Trinajstić information content (AvgIpc) is 4.31. The van der Waals surface area contributed by atoms with E-state index in [1.807, 2.05) is 54.6 Å². The van der Waals surface area contributed by atoms with Gasteiger partial charge in [0.1, 0.15) is 42.3 Å². The summed E-state index contributed by atoms with van der Waals surface area (Å²) in [7, 11) is 0. The maximum atomic E-state index is 14.8. The third-order valence-electron chi connectivity index (χ3n) is 13.9. The normalized spacial score (nSPS) is 20.8. The van der Waals surface area contributed by atoms with Crippen molar-refractivity contribution in [2.45, 2.75) is 133 Å². The SMILES string of the molecule is CC(=O)N[C@@H](CCc1ccccc1)C(=O)N[C@H]1CC(=O)NCCCC[C@@H](C(N)=O)NC(=O)CCCNC(=O)[C@H](Cc2c[nH]c3ccccc23)NC(=O)[C@H](CCCN=C(N)N)NC(=O)[C@@H](Cc2ccccc2)NC(=O)[C@H](Cc2cnc[nH]2)NC1=O. The molecule has 0 bridgehead atoms. The summed E-state index contributed by atoms with van der Waals surface area (Å²) in [5.74, 6) is -7.60. The van der Waals surface area contributed by atoms with Crippen molar-refractivity contribution in [1.82, 2.24) is 62.8 Å². The lowest BCUT2D eigenvalue weighted by atomic mass is 10.0. The first kappa shape index (κ1) is 63.6. The number of nitrogens with two attached hydrogens (primary N) is 3. The molecule has 2 aromatic heterocycles. The van der Waals surface area contributed by atoms with E-state index in [0.717, 1.165) is 16.5 Å². The van der Waals surface area contributed by atoms with Crippen LogP contribution in [0.2, 0.25) is 0 Å². The Kier molecular flexibility index (Phi) is 24.8. The van der Waals surface area contributed by atoms with Crippen molar-refractivity contribution in [3.63, 3.8) is 0 Å². The predicted octanol–water partition coefficient (Wildman–Crippen LogP) is -0.909. The van der Waals surface area contributed by atoms with E-state index in [4.69, 9.17) is 17.2 Å². The molecule has 84 heavy (non-hydrogen) atoms. The molecule has 1 aliphatic rings. The van der Waals surface area contributed by atoms with Gasteiger partial charge in [-0.15, -0.1) is 0 Å². The molecular formula is C58H76N16O10. The Hall–Kier alpha value is -9.62. The zero-order valence-electron chi connectivity index (χ0n) is 46.9. The molecule has 1 saturated heterocycles. The number of aryl methyl sites for hydroxylation is 1. The maximum Gasteiger partial charge on any atom is 0.243 e. The van der Waals surface area contributed by atoms with E-state index in [0.29, 0.717) is 36.1 Å². The Morgan fingerprint density at radius 1 is 0.667 bits per heavy atom. The number of para-hydroxylation sites is 1. The molecule has 26 heteroatoms. The summed E-state index contributed by atoms with van der Waals surface area (Å²) < 4.78 is 0. The van der Waals surface area contributed by atoms with E-state index < -0.39 is 108 Å². The second-order valence-corrected chi connectivity index (χ2v) is 20.5. The number of nitrogens with one attached hydrogen (secondary N) is 11. The van der Waals surface area contributed by atoms with Crippen LogP contribution in [0.4, 0.5) is 0 Å². The molecule has 0 saturated carbocycles. The van der Waals surface area contributed by atoms with E-state index in [-0.39, 0.29) is 83.4 Å². The van der Waals surface area contributed by atoms with Crippen molar-refractivity contribution >= 4 is 75.9 Å². The van der Waals surface area contributed by atoms with Crippen LogP contribution in [0.3, 0.4) is 0 Å². The first-order valence-corrected chi connectivity index (χ1v) is 28.0. The molecule has 0 unspecified atom stereocenters. The molecule has 0 radical (unpaired) electrons. The second kappa shape index (κ2) is 32.7. The maximum absolute atomic E-state index is 14.8. The molecule has 1 aliphatic heterocycles. The van der Waals surface area contributed by atoms with Crippen LogP contribution in [0.1, 0.15) is 87.1 Å². The molecule has 6 rings (SSSR count). The number of hydrogen-bond donors (Lipinski definition) is 14. The van der Waals surface area contributed by atoms with Crippen molar-refractivity contribution in [3.8, 4) is 0 Å². The van der Waals surface area contributed by atoms with Crippen molar-refractivity contribution in [2.75, 3.05) is 19.6 Å². The van der Waals surface area contributed by atoms with Gasteiger partial charge in [0.2, 0.25) is 59.1 Å². The first-order chi connectivity index (χ1) is 40.4. The van der Waals surface area contributed by atoms with Crippen molar-refractivity contribution in [1.29, 1.82) is 0 Å². The summed E-state index contributed by atoms with van der Waals surface area (Å²) in [5.41, 5.74) is 20.2. The summed E-state index contributed by atoms with van der Waals surface area (Å²) in [6.45, 7) is 1.32. The highest BCUT2D eigenvalue weighted by molar-refractivity contribution is 5.99. The number of rotatable bonds is 17. The van der Waals surface area contributed by atoms with Crippen LogP contribution in [0, 0.1) is 0 Å². The van der Waals surface area contributed by atoms with Gasteiger partial charge in [-0.3, -0.25) is 52.9 Å². The quantitative estimate of drug-likeness (QED) is 0.0305. The number of nitrogens with zero attached hydrogens (tertiary/aromatic N) is 2. The van der Waals surface area contributed by atoms with Gasteiger partial charge in [-0.2, -0.15) is 0 Å². The Morgan fingerprint density at radius 3 is 1.98 bits per heavy atom.